The van der Waals surface area contributed by atoms with E-state index in [1.807, 2.05) is 17.5 Å². The molecular weight excluding hydrogens is 462 g/mol. The summed E-state index contributed by atoms with van der Waals surface area (Å²) in [5.41, 5.74) is 1.49. The molecule has 0 aliphatic carbocycles. The maximum absolute atomic E-state index is 13.2. The Morgan fingerprint density at radius 2 is 1.85 bits per heavy atom. The molecule has 1 aliphatic rings. The number of methoxy groups -OCH3 is 2. The lowest BCUT2D eigenvalue weighted by Crippen LogP contribution is -2.49. The molecular formula is C23H25N3O5S2. The Balaban J connectivity index is 1.53. The second kappa shape index (κ2) is 9.90. The third kappa shape index (κ3) is 4.87. The highest BCUT2D eigenvalue weighted by Gasteiger charge is 2.37. The quantitative estimate of drug-likeness (QED) is 0.541. The molecule has 1 aromatic heterocycles. The van der Waals surface area contributed by atoms with Gasteiger partial charge in [-0.1, -0.05) is 24.6 Å². The van der Waals surface area contributed by atoms with Crippen LogP contribution < -0.4 is 14.8 Å². The summed E-state index contributed by atoms with van der Waals surface area (Å²) in [6, 6.07) is 12.9. The summed E-state index contributed by atoms with van der Waals surface area (Å²) in [6.07, 6.45) is 1.97. The van der Waals surface area contributed by atoms with Crippen molar-refractivity contribution >= 4 is 32.4 Å². The highest BCUT2D eigenvalue weighted by atomic mass is 32.2. The molecule has 3 aromatic rings. The molecule has 0 radical (unpaired) electrons. The molecule has 0 bridgehead atoms. The van der Waals surface area contributed by atoms with E-state index in [2.05, 4.69) is 10.3 Å². The molecule has 8 nitrogen and oxygen atoms in total. The third-order valence-corrected chi connectivity index (χ3v) is 8.20. The van der Waals surface area contributed by atoms with Crippen LogP contribution in [0.5, 0.6) is 11.5 Å². The van der Waals surface area contributed by atoms with Crippen molar-refractivity contribution in [3.63, 3.8) is 0 Å². The zero-order valence-electron chi connectivity index (χ0n) is 18.4. The first-order chi connectivity index (χ1) is 15.9. The number of amides is 1. The fraction of sp³-hybridized carbons (Fsp3) is 0.304. The summed E-state index contributed by atoms with van der Waals surface area (Å²) >= 11 is 1.28. The average molecular weight is 488 g/mol. The van der Waals surface area contributed by atoms with E-state index < -0.39 is 16.1 Å². The van der Waals surface area contributed by atoms with Crippen LogP contribution in [0.4, 0.5) is 5.13 Å². The highest BCUT2D eigenvalue weighted by molar-refractivity contribution is 7.89. The van der Waals surface area contributed by atoms with E-state index in [4.69, 9.17) is 9.47 Å². The summed E-state index contributed by atoms with van der Waals surface area (Å²) < 4.78 is 38.3. The number of anilines is 1. The van der Waals surface area contributed by atoms with Crippen molar-refractivity contribution in [3.05, 3.63) is 53.9 Å². The van der Waals surface area contributed by atoms with Crippen molar-refractivity contribution in [3.8, 4) is 22.8 Å². The number of aromatic nitrogens is 1. The summed E-state index contributed by atoms with van der Waals surface area (Å²) in [4.78, 5) is 17.8. The lowest BCUT2D eigenvalue weighted by atomic mass is 10.0. The molecule has 1 fully saturated rings. The van der Waals surface area contributed by atoms with Gasteiger partial charge in [-0.15, -0.1) is 11.3 Å². The van der Waals surface area contributed by atoms with Gasteiger partial charge in [0.05, 0.1) is 24.8 Å². The van der Waals surface area contributed by atoms with Crippen LogP contribution in [-0.4, -0.2) is 50.4 Å². The van der Waals surface area contributed by atoms with Gasteiger partial charge in [-0.25, -0.2) is 13.4 Å². The number of thiazole rings is 1. The van der Waals surface area contributed by atoms with Crippen LogP contribution in [0, 0.1) is 0 Å². The smallest absolute Gasteiger partial charge is 0.244 e. The maximum Gasteiger partial charge on any atom is 0.244 e. The molecule has 1 N–H and O–H groups in total. The standard InChI is InChI=1S/C23H25N3O5S2/c1-30-20-12-11-16(14-21(20)31-2)18-15-32-23(24-18)25-22(27)19-10-6-7-13-26(19)33(28,29)17-8-4-3-5-9-17/h3-5,8-9,11-12,14-15,19H,6-7,10,13H2,1-2H3,(H,24,25,27)/t19-/m0/s1. The lowest BCUT2D eigenvalue weighted by molar-refractivity contribution is -0.120. The van der Waals surface area contributed by atoms with Gasteiger partial charge in [0.15, 0.2) is 16.6 Å². The highest BCUT2D eigenvalue weighted by Crippen LogP contribution is 2.34. The van der Waals surface area contributed by atoms with E-state index in [0.717, 1.165) is 18.4 Å². The van der Waals surface area contributed by atoms with Gasteiger partial charge < -0.3 is 14.8 Å². The Hall–Kier alpha value is -2.95. The molecule has 0 saturated carbocycles. The van der Waals surface area contributed by atoms with Gasteiger partial charge >= 0.3 is 0 Å². The van der Waals surface area contributed by atoms with Crippen molar-refractivity contribution in [1.82, 2.24) is 9.29 Å². The van der Waals surface area contributed by atoms with Crippen LogP contribution in [0.1, 0.15) is 19.3 Å². The molecule has 2 aromatic carbocycles. The Labute approximate surface area is 197 Å². The van der Waals surface area contributed by atoms with Crippen LogP contribution >= 0.6 is 11.3 Å². The number of hydrogen-bond donors (Lipinski definition) is 1. The van der Waals surface area contributed by atoms with Crippen molar-refractivity contribution in [2.45, 2.75) is 30.2 Å². The number of rotatable bonds is 7. The molecule has 174 valence electrons. The molecule has 1 saturated heterocycles. The predicted molar refractivity (Wildman–Crippen MR) is 127 cm³/mol. The van der Waals surface area contributed by atoms with Gasteiger partial charge in [0.25, 0.3) is 0 Å². The number of sulfonamides is 1. The minimum atomic E-state index is -3.77. The van der Waals surface area contributed by atoms with Crippen molar-refractivity contribution in [2.75, 3.05) is 26.1 Å². The molecule has 1 aliphatic heterocycles. The minimum absolute atomic E-state index is 0.190. The molecule has 2 heterocycles. The fourth-order valence-electron chi connectivity index (χ4n) is 3.83. The van der Waals surface area contributed by atoms with Gasteiger partial charge in [0.1, 0.15) is 6.04 Å². The zero-order chi connectivity index (χ0) is 23.4. The first-order valence-corrected chi connectivity index (χ1v) is 12.8. The number of carbonyl (C=O) groups is 1. The maximum atomic E-state index is 13.2. The van der Waals surface area contributed by atoms with E-state index in [1.165, 1.54) is 15.6 Å². The van der Waals surface area contributed by atoms with Crippen LogP contribution in [0.15, 0.2) is 58.8 Å². The van der Waals surface area contributed by atoms with Crippen molar-refractivity contribution in [2.24, 2.45) is 0 Å². The van der Waals surface area contributed by atoms with Gasteiger partial charge in [-0.2, -0.15) is 4.31 Å². The monoisotopic (exact) mass is 487 g/mol. The van der Waals surface area contributed by atoms with Gasteiger partial charge in [-0.05, 0) is 43.2 Å². The first kappa shape index (κ1) is 23.2. The molecule has 0 unspecified atom stereocenters. The van der Waals surface area contributed by atoms with Gasteiger partial charge in [0, 0.05) is 17.5 Å². The minimum Gasteiger partial charge on any atom is -0.493 e. The summed E-state index contributed by atoms with van der Waals surface area (Å²) in [6.45, 7) is 0.310. The van der Waals surface area contributed by atoms with Crippen LogP contribution in [0.3, 0.4) is 0 Å². The van der Waals surface area contributed by atoms with E-state index in [9.17, 15) is 13.2 Å². The summed E-state index contributed by atoms with van der Waals surface area (Å²) in [7, 11) is -0.638. The number of nitrogens with one attached hydrogen (secondary N) is 1. The number of ether oxygens (including phenoxy) is 2. The predicted octanol–water partition coefficient (Wildman–Crippen LogP) is 4.01. The van der Waals surface area contributed by atoms with Crippen LogP contribution in [0.2, 0.25) is 0 Å². The van der Waals surface area contributed by atoms with E-state index in [0.29, 0.717) is 35.3 Å². The Kier molecular flexibility index (Phi) is 6.96. The molecule has 1 amide bonds. The molecule has 1 atom stereocenters. The average Bonchev–Trinajstić information content (AvgIpc) is 3.32. The Morgan fingerprint density at radius 1 is 1.09 bits per heavy atom. The Morgan fingerprint density at radius 3 is 2.58 bits per heavy atom. The largest absolute Gasteiger partial charge is 0.493 e. The second-order valence-electron chi connectivity index (χ2n) is 7.54. The molecule has 33 heavy (non-hydrogen) atoms. The van der Waals surface area contributed by atoms with E-state index in [-0.39, 0.29) is 10.8 Å². The molecule has 0 spiro atoms. The van der Waals surface area contributed by atoms with Gasteiger partial charge in [-0.3, -0.25) is 4.79 Å². The second-order valence-corrected chi connectivity index (χ2v) is 10.3. The normalized spacial score (nSPS) is 16.8. The topological polar surface area (TPSA) is 97.8 Å². The summed E-state index contributed by atoms with van der Waals surface area (Å²) in [5, 5.41) is 5.05. The summed E-state index contributed by atoms with van der Waals surface area (Å²) in [5.74, 6) is 0.821. The Bertz CT molecular complexity index is 1230. The van der Waals surface area contributed by atoms with Crippen LogP contribution in [0.25, 0.3) is 11.3 Å². The number of nitrogens with zero attached hydrogens (tertiary/aromatic N) is 2. The number of piperidine rings is 1. The fourth-order valence-corrected chi connectivity index (χ4v) is 6.23. The third-order valence-electron chi connectivity index (χ3n) is 5.52. The van der Waals surface area contributed by atoms with Crippen LogP contribution in [-0.2, 0) is 14.8 Å². The van der Waals surface area contributed by atoms with Gasteiger partial charge in [0.2, 0.25) is 15.9 Å². The molecule has 4 rings (SSSR count). The van der Waals surface area contributed by atoms with Crippen molar-refractivity contribution < 1.29 is 22.7 Å². The number of benzene rings is 2. The first-order valence-electron chi connectivity index (χ1n) is 10.5. The van der Waals surface area contributed by atoms with E-state index >= 15 is 0 Å². The lowest BCUT2D eigenvalue weighted by Gasteiger charge is -2.33. The van der Waals surface area contributed by atoms with Crippen molar-refractivity contribution in [1.29, 1.82) is 0 Å². The van der Waals surface area contributed by atoms with E-state index in [1.54, 1.807) is 50.6 Å². The number of carbonyl (C=O) groups excluding carboxylic acids is 1. The molecule has 10 heteroatoms. The zero-order valence-corrected chi connectivity index (χ0v) is 20.0. The SMILES string of the molecule is COc1ccc(-c2csc(NC(=O)[C@@H]3CCCCN3S(=O)(=O)c3ccccc3)n2)cc1OC. The number of hydrogen-bond acceptors (Lipinski definition) is 7.